The van der Waals surface area contributed by atoms with Crippen LogP contribution in [0.3, 0.4) is 0 Å². The van der Waals surface area contributed by atoms with Crippen LogP contribution in [0.5, 0.6) is 0 Å². The number of carbonyl (C=O) groups is 2. The number of hydrogen-bond acceptors (Lipinski definition) is 4. The fourth-order valence-electron chi connectivity index (χ4n) is 2.84. The average molecular weight is 348 g/mol. The Bertz CT molecular complexity index is 546. The Morgan fingerprint density at radius 1 is 1.04 bits per heavy atom. The molecule has 1 saturated heterocycles. The SMILES string of the molecule is O=C1CNC(=O)N1c1cccc(CCCCCOCCCCCO)c1. The van der Waals surface area contributed by atoms with Crippen LogP contribution in [0.1, 0.15) is 44.1 Å². The molecule has 1 fully saturated rings. The molecule has 1 aliphatic rings. The highest BCUT2D eigenvalue weighted by Gasteiger charge is 2.29. The number of aliphatic hydroxyl groups is 1. The van der Waals surface area contributed by atoms with E-state index >= 15 is 0 Å². The number of nitrogens with one attached hydrogen (secondary N) is 1. The number of ether oxygens (including phenoxy) is 1. The Balaban J connectivity index is 1.62. The fraction of sp³-hybridized carbons (Fsp3) is 0.579. The van der Waals surface area contributed by atoms with Crippen LogP contribution in [-0.4, -0.2) is 43.4 Å². The molecule has 6 nitrogen and oxygen atoms in total. The molecule has 2 rings (SSSR count). The van der Waals surface area contributed by atoms with Crippen LogP contribution < -0.4 is 10.2 Å². The van der Waals surface area contributed by atoms with Crippen molar-refractivity contribution in [3.8, 4) is 0 Å². The maximum absolute atomic E-state index is 11.8. The summed E-state index contributed by atoms with van der Waals surface area (Å²) in [5, 5.41) is 11.2. The summed E-state index contributed by atoms with van der Waals surface area (Å²) in [5.41, 5.74) is 1.78. The zero-order chi connectivity index (χ0) is 17.9. The maximum atomic E-state index is 11.8. The first kappa shape index (κ1) is 19.4. The van der Waals surface area contributed by atoms with Gasteiger partial charge in [-0.05, 0) is 56.2 Å². The summed E-state index contributed by atoms with van der Waals surface area (Å²) in [6.07, 6.45) is 6.98. The zero-order valence-electron chi connectivity index (χ0n) is 14.7. The van der Waals surface area contributed by atoms with Gasteiger partial charge in [0.1, 0.15) is 0 Å². The smallest absolute Gasteiger partial charge is 0.329 e. The first-order valence-corrected chi connectivity index (χ1v) is 9.10. The van der Waals surface area contributed by atoms with Crippen molar-refractivity contribution < 1.29 is 19.4 Å². The third-order valence-corrected chi connectivity index (χ3v) is 4.21. The van der Waals surface area contributed by atoms with Crippen molar-refractivity contribution >= 4 is 17.6 Å². The summed E-state index contributed by atoms with van der Waals surface area (Å²) in [5.74, 6) is -0.210. The second-order valence-electron chi connectivity index (χ2n) is 6.27. The average Bonchev–Trinajstić information content (AvgIpc) is 2.95. The van der Waals surface area contributed by atoms with Gasteiger partial charge < -0.3 is 15.2 Å². The van der Waals surface area contributed by atoms with Crippen LogP contribution in [-0.2, 0) is 16.0 Å². The number of aliphatic hydroxyl groups excluding tert-OH is 1. The van der Waals surface area contributed by atoms with Gasteiger partial charge in [0.2, 0.25) is 0 Å². The van der Waals surface area contributed by atoms with Crippen molar-refractivity contribution in [3.63, 3.8) is 0 Å². The Morgan fingerprint density at radius 2 is 1.80 bits per heavy atom. The third kappa shape index (κ3) is 6.48. The summed E-state index contributed by atoms with van der Waals surface area (Å²) >= 11 is 0. The van der Waals surface area contributed by atoms with E-state index in [0.29, 0.717) is 5.69 Å². The van der Waals surface area contributed by atoms with Gasteiger partial charge >= 0.3 is 6.03 Å². The highest BCUT2D eigenvalue weighted by atomic mass is 16.5. The fourth-order valence-corrected chi connectivity index (χ4v) is 2.84. The van der Waals surface area contributed by atoms with Gasteiger partial charge in [0.15, 0.2) is 0 Å². The molecular formula is C19H28N2O4. The minimum Gasteiger partial charge on any atom is -0.396 e. The van der Waals surface area contributed by atoms with E-state index in [4.69, 9.17) is 9.84 Å². The van der Waals surface area contributed by atoms with Crippen LogP contribution >= 0.6 is 0 Å². The molecule has 0 atom stereocenters. The molecule has 0 radical (unpaired) electrons. The van der Waals surface area contributed by atoms with Gasteiger partial charge in [0.25, 0.3) is 5.91 Å². The number of hydrogen-bond donors (Lipinski definition) is 2. The van der Waals surface area contributed by atoms with E-state index < -0.39 is 0 Å². The Morgan fingerprint density at radius 3 is 2.48 bits per heavy atom. The monoisotopic (exact) mass is 348 g/mol. The highest BCUT2D eigenvalue weighted by Crippen LogP contribution is 2.20. The minimum absolute atomic E-state index is 0.0725. The van der Waals surface area contributed by atoms with Gasteiger partial charge in [-0.15, -0.1) is 0 Å². The lowest BCUT2D eigenvalue weighted by Crippen LogP contribution is -2.30. The van der Waals surface area contributed by atoms with E-state index in [-0.39, 0.29) is 25.1 Å². The molecule has 0 bridgehead atoms. The standard InChI is InChI=1S/C19H28N2O4/c22-11-4-2-6-13-25-12-5-1-3-8-16-9-7-10-17(14-16)21-18(23)15-20-19(21)24/h7,9-10,14,22H,1-6,8,11-13,15H2,(H,20,24). The molecule has 2 N–H and O–H groups in total. The van der Waals surface area contributed by atoms with Gasteiger partial charge in [-0.1, -0.05) is 18.6 Å². The second kappa shape index (κ2) is 10.8. The van der Waals surface area contributed by atoms with Crippen molar-refractivity contribution in [2.75, 3.05) is 31.3 Å². The zero-order valence-corrected chi connectivity index (χ0v) is 14.7. The predicted octanol–water partition coefficient (Wildman–Crippen LogP) is 2.63. The van der Waals surface area contributed by atoms with E-state index in [0.717, 1.165) is 63.7 Å². The Hall–Kier alpha value is -1.92. The first-order chi connectivity index (χ1) is 12.2. The molecule has 1 heterocycles. The van der Waals surface area contributed by atoms with Gasteiger partial charge in [-0.25, -0.2) is 9.69 Å². The molecule has 25 heavy (non-hydrogen) atoms. The Labute approximate surface area is 149 Å². The van der Waals surface area contributed by atoms with Crippen LogP contribution in [0.2, 0.25) is 0 Å². The molecule has 1 aromatic carbocycles. The van der Waals surface area contributed by atoms with Gasteiger partial charge in [0, 0.05) is 19.8 Å². The van der Waals surface area contributed by atoms with Gasteiger partial charge in [0.05, 0.1) is 12.2 Å². The molecule has 0 saturated carbocycles. The summed E-state index contributed by atoms with van der Waals surface area (Å²) in [4.78, 5) is 24.7. The van der Waals surface area contributed by atoms with Crippen molar-refractivity contribution in [1.29, 1.82) is 0 Å². The number of benzene rings is 1. The molecule has 1 aromatic rings. The van der Waals surface area contributed by atoms with Crippen molar-refractivity contribution in [3.05, 3.63) is 29.8 Å². The summed E-state index contributed by atoms with van der Waals surface area (Å²) in [6, 6.07) is 7.27. The lowest BCUT2D eigenvalue weighted by Gasteiger charge is -2.13. The van der Waals surface area contributed by atoms with Crippen molar-refractivity contribution in [2.24, 2.45) is 0 Å². The Kier molecular flexibility index (Phi) is 8.42. The molecule has 138 valence electrons. The largest absolute Gasteiger partial charge is 0.396 e. The number of rotatable bonds is 12. The van der Waals surface area contributed by atoms with E-state index in [2.05, 4.69) is 5.32 Å². The number of urea groups is 1. The molecular weight excluding hydrogens is 320 g/mol. The van der Waals surface area contributed by atoms with Crippen molar-refractivity contribution in [1.82, 2.24) is 5.32 Å². The molecule has 0 unspecified atom stereocenters. The van der Waals surface area contributed by atoms with Crippen LogP contribution in [0.25, 0.3) is 0 Å². The summed E-state index contributed by atoms with van der Waals surface area (Å²) < 4.78 is 5.57. The summed E-state index contributed by atoms with van der Waals surface area (Å²) in [7, 11) is 0. The number of nitrogens with zero attached hydrogens (tertiary/aromatic N) is 1. The lowest BCUT2D eigenvalue weighted by molar-refractivity contribution is -0.115. The topological polar surface area (TPSA) is 78.9 Å². The van der Waals surface area contributed by atoms with E-state index in [9.17, 15) is 9.59 Å². The molecule has 1 aliphatic heterocycles. The maximum Gasteiger partial charge on any atom is 0.329 e. The second-order valence-corrected chi connectivity index (χ2v) is 6.27. The molecule has 3 amide bonds. The lowest BCUT2D eigenvalue weighted by atomic mass is 10.1. The van der Waals surface area contributed by atoms with Crippen LogP contribution in [0.4, 0.5) is 10.5 Å². The first-order valence-electron chi connectivity index (χ1n) is 9.10. The van der Waals surface area contributed by atoms with Crippen molar-refractivity contribution in [2.45, 2.75) is 44.9 Å². The number of imide groups is 1. The highest BCUT2D eigenvalue weighted by molar-refractivity contribution is 6.19. The van der Waals surface area contributed by atoms with Gasteiger partial charge in [-0.2, -0.15) is 0 Å². The number of amides is 3. The van der Waals surface area contributed by atoms with Crippen LogP contribution in [0, 0.1) is 0 Å². The summed E-state index contributed by atoms with van der Waals surface area (Å²) in [6.45, 7) is 1.89. The third-order valence-electron chi connectivity index (χ3n) is 4.21. The molecule has 0 aromatic heterocycles. The van der Waals surface area contributed by atoms with E-state index in [1.165, 1.54) is 4.90 Å². The van der Waals surface area contributed by atoms with Crippen LogP contribution in [0.15, 0.2) is 24.3 Å². The normalized spacial score (nSPS) is 14.2. The molecule has 6 heteroatoms. The number of aryl methyl sites for hydroxylation is 1. The van der Waals surface area contributed by atoms with E-state index in [1.807, 2.05) is 18.2 Å². The molecule has 0 aliphatic carbocycles. The van der Waals surface area contributed by atoms with E-state index in [1.54, 1.807) is 6.07 Å². The quantitative estimate of drug-likeness (QED) is 0.450. The van der Waals surface area contributed by atoms with Gasteiger partial charge in [-0.3, -0.25) is 4.79 Å². The molecule has 0 spiro atoms. The number of carbonyl (C=O) groups excluding carboxylic acids is 2. The number of anilines is 1. The minimum atomic E-state index is -0.349. The predicted molar refractivity (Wildman–Crippen MR) is 96.6 cm³/mol. The number of unbranched alkanes of at least 4 members (excludes halogenated alkanes) is 4.